The van der Waals surface area contributed by atoms with E-state index in [0.717, 1.165) is 10.2 Å². The molecular formula is C11H7ClN2O3S. The zero-order valence-corrected chi connectivity index (χ0v) is 10.7. The van der Waals surface area contributed by atoms with E-state index in [2.05, 4.69) is 4.98 Å². The molecule has 3 rings (SSSR count). The van der Waals surface area contributed by atoms with E-state index in [1.165, 1.54) is 17.5 Å². The number of aromatic nitrogens is 2. The standard InChI is InChI=1S/C11H7ClN2O3S/c1-17-7-3-2-6-9(8(7)12)18-11-13-5(10(15)16)4-14(6)11/h2-4H,1H3,(H,15,16). The zero-order valence-electron chi connectivity index (χ0n) is 9.18. The van der Waals surface area contributed by atoms with Crippen molar-refractivity contribution in [2.24, 2.45) is 0 Å². The maximum absolute atomic E-state index is 10.9. The van der Waals surface area contributed by atoms with Crippen LogP contribution in [0.4, 0.5) is 0 Å². The molecule has 1 N–H and O–H groups in total. The molecule has 0 aliphatic carbocycles. The molecule has 1 aromatic carbocycles. The summed E-state index contributed by atoms with van der Waals surface area (Å²) in [6, 6.07) is 3.58. The molecule has 0 unspecified atom stereocenters. The fourth-order valence-electron chi connectivity index (χ4n) is 1.77. The van der Waals surface area contributed by atoms with Crippen LogP contribution in [0.5, 0.6) is 5.75 Å². The number of benzene rings is 1. The number of carbonyl (C=O) groups is 1. The summed E-state index contributed by atoms with van der Waals surface area (Å²) in [5, 5.41) is 9.41. The van der Waals surface area contributed by atoms with E-state index in [1.54, 1.807) is 17.6 Å². The van der Waals surface area contributed by atoms with Crippen LogP contribution in [0.25, 0.3) is 15.2 Å². The normalized spacial score (nSPS) is 11.2. The van der Waals surface area contributed by atoms with Crippen LogP contribution in [0.3, 0.4) is 0 Å². The minimum Gasteiger partial charge on any atom is -0.495 e. The number of fused-ring (bicyclic) bond motifs is 3. The van der Waals surface area contributed by atoms with Gasteiger partial charge in [-0.25, -0.2) is 9.78 Å². The van der Waals surface area contributed by atoms with E-state index in [0.29, 0.717) is 15.7 Å². The molecule has 0 radical (unpaired) electrons. The molecule has 5 nitrogen and oxygen atoms in total. The molecule has 18 heavy (non-hydrogen) atoms. The summed E-state index contributed by atoms with van der Waals surface area (Å²) in [6.45, 7) is 0. The molecule has 0 saturated carbocycles. The van der Waals surface area contributed by atoms with Crippen molar-refractivity contribution in [3.8, 4) is 5.75 Å². The van der Waals surface area contributed by atoms with Gasteiger partial charge in [-0.1, -0.05) is 22.9 Å². The quantitative estimate of drug-likeness (QED) is 0.785. The third-order valence-corrected chi connectivity index (χ3v) is 4.18. The van der Waals surface area contributed by atoms with Gasteiger partial charge in [0.05, 0.1) is 17.3 Å². The molecule has 0 aliphatic rings. The number of methoxy groups -OCH3 is 1. The average Bonchev–Trinajstić information content (AvgIpc) is 2.87. The van der Waals surface area contributed by atoms with Gasteiger partial charge in [0, 0.05) is 6.20 Å². The first-order chi connectivity index (χ1) is 8.61. The molecule has 0 fully saturated rings. The van der Waals surface area contributed by atoms with Crippen LogP contribution in [-0.4, -0.2) is 27.6 Å². The Morgan fingerprint density at radius 3 is 3.00 bits per heavy atom. The Morgan fingerprint density at radius 1 is 1.56 bits per heavy atom. The summed E-state index contributed by atoms with van der Waals surface area (Å²) in [5.41, 5.74) is 0.843. The number of hydrogen-bond donors (Lipinski definition) is 1. The monoisotopic (exact) mass is 282 g/mol. The Balaban J connectivity index is 2.36. The predicted octanol–water partition coefficient (Wildman–Crippen LogP) is 2.91. The van der Waals surface area contributed by atoms with E-state index in [4.69, 9.17) is 21.4 Å². The summed E-state index contributed by atoms with van der Waals surface area (Å²) in [4.78, 5) is 15.5. The lowest BCUT2D eigenvalue weighted by atomic mass is 10.3. The Bertz CT molecular complexity index is 777. The molecular weight excluding hydrogens is 276 g/mol. The minimum absolute atomic E-state index is 0.0232. The molecule has 0 saturated heterocycles. The average molecular weight is 283 g/mol. The lowest BCUT2D eigenvalue weighted by Gasteiger charge is -2.02. The van der Waals surface area contributed by atoms with Crippen molar-refractivity contribution in [1.82, 2.24) is 9.38 Å². The number of thiazole rings is 1. The number of ether oxygens (including phenoxy) is 1. The highest BCUT2D eigenvalue weighted by atomic mass is 35.5. The maximum atomic E-state index is 10.9. The SMILES string of the molecule is COc1ccc2c(sc3nc(C(=O)O)cn32)c1Cl. The van der Waals surface area contributed by atoms with Gasteiger partial charge in [-0.3, -0.25) is 4.40 Å². The first kappa shape index (κ1) is 11.3. The molecule has 0 atom stereocenters. The van der Waals surface area contributed by atoms with E-state index >= 15 is 0 Å². The summed E-state index contributed by atoms with van der Waals surface area (Å²) in [7, 11) is 1.55. The zero-order chi connectivity index (χ0) is 12.9. The highest BCUT2D eigenvalue weighted by Gasteiger charge is 2.16. The van der Waals surface area contributed by atoms with Crippen molar-refractivity contribution < 1.29 is 14.6 Å². The fraction of sp³-hybridized carbons (Fsp3) is 0.0909. The second kappa shape index (κ2) is 3.86. The van der Waals surface area contributed by atoms with Crippen molar-refractivity contribution in [1.29, 1.82) is 0 Å². The van der Waals surface area contributed by atoms with E-state index in [-0.39, 0.29) is 5.69 Å². The Morgan fingerprint density at radius 2 is 2.33 bits per heavy atom. The molecule has 2 heterocycles. The van der Waals surface area contributed by atoms with Gasteiger partial charge in [-0.05, 0) is 12.1 Å². The summed E-state index contributed by atoms with van der Waals surface area (Å²) in [5.74, 6) is -0.453. The molecule has 0 amide bonds. The van der Waals surface area contributed by atoms with Gasteiger partial charge >= 0.3 is 5.97 Å². The van der Waals surface area contributed by atoms with Gasteiger partial charge < -0.3 is 9.84 Å². The van der Waals surface area contributed by atoms with Crippen molar-refractivity contribution in [3.05, 3.63) is 29.0 Å². The Labute approximate surface area is 110 Å². The number of imidazole rings is 1. The second-order valence-corrected chi connectivity index (χ2v) is 4.97. The summed E-state index contributed by atoms with van der Waals surface area (Å²) in [6.07, 6.45) is 1.49. The van der Waals surface area contributed by atoms with Gasteiger partial charge in [0.15, 0.2) is 10.7 Å². The lowest BCUT2D eigenvalue weighted by molar-refractivity contribution is 0.0691. The summed E-state index contributed by atoms with van der Waals surface area (Å²) >= 11 is 7.53. The number of halogens is 1. The van der Waals surface area contributed by atoms with Crippen LogP contribution in [0, 0.1) is 0 Å². The van der Waals surface area contributed by atoms with E-state index < -0.39 is 5.97 Å². The van der Waals surface area contributed by atoms with Gasteiger partial charge in [0.25, 0.3) is 0 Å². The van der Waals surface area contributed by atoms with Crippen LogP contribution < -0.4 is 4.74 Å². The Kier molecular flexibility index (Phi) is 2.42. The van der Waals surface area contributed by atoms with Crippen molar-refractivity contribution in [2.45, 2.75) is 0 Å². The number of nitrogens with zero attached hydrogens (tertiary/aromatic N) is 2. The van der Waals surface area contributed by atoms with Gasteiger partial charge in [0.1, 0.15) is 10.8 Å². The van der Waals surface area contributed by atoms with Gasteiger partial charge in [-0.15, -0.1) is 0 Å². The van der Waals surface area contributed by atoms with Crippen molar-refractivity contribution >= 4 is 44.1 Å². The topological polar surface area (TPSA) is 63.8 Å². The molecule has 7 heteroatoms. The number of carboxylic acids is 1. The third kappa shape index (κ3) is 1.46. The van der Waals surface area contributed by atoms with Crippen molar-refractivity contribution in [2.75, 3.05) is 7.11 Å². The highest BCUT2D eigenvalue weighted by molar-refractivity contribution is 7.24. The highest BCUT2D eigenvalue weighted by Crippen LogP contribution is 2.37. The van der Waals surface area contributed by atoms with Crippen LogP contribution >= 0.6 is 22.9 Å². The number of rotatable bonds is 2. The minimum atomic E-state index is -1.04. The molecule has 2 aromatic heterocycles. The molecule has 3 aromatic rings. The first-order valence-electron chi connectivity index (χ1n) is 4.99. The molecule has 0 aliphatic heterocycles. The van der Waals surface area contributed by atoms with Gasteiger partial charge in [-0.2, -0.15) is 0 Å². The van der Waals surface area contributed by atoms with Gasteiger partial charge in [0.2, 0.25) is 0 Å². The van der Waals surface area contributed by atoms with Crippen molar-refractivity contribution in [3.63, 3.8) is 0 Å². The number of aromatic carboxylic acids is 1. The molecule has 0 spiro atoms. The van der Waals surface area contributed by atoms with Crippen LogP contribution in [0.2, 0.25) is 5.02 Å². The molecule has 0 bridgehead atoms. The number of carboxylic acid groups (broad SMARTS) is 1. The van der Waals surface area contributed by atoms with Crippen LogP contribution in [-0.2, 0) is 0 Å². The fourth-order valence-corrected chi connectivity index (χ4v) is 3.16. The largest absolute Gasteiger partial charge is 0.495 e. The molecule has 92 valence electrons. The first-order valence-corrected chi connectivity index (χ1v) is 6.18. The summed E-state index contributed by atoms with van der Waals surface area (Å²) < 4.78 is 7.68. The smallest absolute Gasteiger partial charge is 0.356 e. The maximum Gasteiger partial charge on any atom is 0.356 e. The lowest BCUT2D eigenvalue weighted by Crippen LogP contribution is -1.95. The number of hydrogen-bond acceptors (Lipinski definition) is 4. The Hall–Kier alpha value is -1.79. The predicted molar refractivity (Wildman–Crippen MR) is 69.1 cm³/mol. The third-order valence-electron chi connectivity index (χ3n) is 2.61. The van der Waals surface area contributed by atoms with Crippen LogP contribution in [0.1, 0.15) is 10.5 Å². The van der Waals surface area contributed by atoms with Crippen LogP contribution in [0.15, 0.2) is 18.3 Å². The van der Waals surface area contributed by atoms with E-state index in [9.17, 15) is 4.79 Å². The van der Waals surface area contributed by atoms with E-state index in [1.807, 2.05) is 6.07 Å². The second-order valence-electron chi connectivity index (χ2n) is 3.62.